The smallest absolute Gasteiger partial charge is 0.284 e. The number of hydrogen-bond acceptors (Lipinski definition) is 7. The van der Waals surface area contributed by atoms with E-state index in [0.717, 1.165) is 29.2 Å². The lowest BCUT2D eigenvalue weighted by molar-refractivity contribution is -0.116. The minimum Gasteiger partial charge on any atom is -0.501 e. The van der Waals surface area contributed by atoms with Crippen LogP contribution in [-0.2, 0) is 20.7 Å². The Hall–Kier alpha value is -3.53. The third kappa shape index (κ3) is 11.0. The van der Waals surface area contributed by atoms with Gasteiger partial charge in [-0.05, 0) is 69.0 Å². The van der Waals surface area contributed by atoms with Crippen molar-refractivity contribution in [2.75, 3.05) is 19.0 Å². The van der Waals surface area contributed by atoms with Gasteiger partial charge in [0.2, 0.25) is 5.91 Å². The Balaban J connectivity index is 0.000000523. The van der Waals surface area contributed by atoms with E-state index < -0.39 is 5.91 Å². The van der Waals surface area contributed by atoms with Gasteiger partial charge in [-0.1, -0.05) is 30.3 Å². The second-order valence-corrected chi connectivity index (χ2v) is 8.21. The molecule has 3 rings (SSSR count). The first-order valence-electron chi connectivity index (χ1n) is 11.1. The molecule has 3 aromatic rings. The lowest BCUT2D eigenvalue weighted by Gasteiger charge is -2.05. The average Bonchev–Trinajstić information content (AvgIpc) is 3.32. The van der Waals surface area contributed by atoms with Gasteiger partial charge in [-0.25, -0.2) is 5.48 Å². The molecule has 0 radical (unpaired) electrons. The van der Waals surface area contributed by atoms with Gasteiger partial charge in [0.1, 0.15) is 6.29 Å². The van der Waals surface area contributed by atoms with Crippen LogP contribution in [0.15, 0.2) is 66.4 Å². The summed E-state index contributed by atoms with van der Waals surface area (Å²) in [5, 5.41) is 12.4. The van der Waals surface area contributed by atoms with E-state index in [0.29, 0.717) is 29.2 Å². The molecular weight excluding hydrogens is 466 g/mol. The summed E-state index contributed by atoms with van der Waals surface area (Å²) < 4.78 is 5.71. The summed E-state index contributed by atoms with van der Waals surface area (Å²) in [5.41, 5.74) is 8.67. The van der Waals surface area contributed by atoms with E-state index in [9.17, 15) is 14.4 Å². The van der Waals surface area contributed by atoms with E-state index in [1.54, 1.807) is 18.5 Å². The van der Waals surface area contributed by atoms with E-state index in [-0.39, 0.29) is 5.91 Å². The number of hydroxylamine groups is 1. The lowest BCUT2D eigenvalue weighted by atomic mass is 10.1. The Morgan fingerprint density at radius 1 is 1.11 bits per heavy atom. The number of ether oxygens (including phenoxy) is 1. The molecule has 0 spiro atoms. The molecule has 2 aromatic carbocycles. The Bertz CT molecular complexity index is 1100. The second-order valence-electron chi connectivity index (χ2n) is 7.13. The predicted molar refractivity (Wildman–Crippen MR) is 141 cm³/mol. The van der Waals surface area contributed by atoms with Crippen LogP contribution in [0.2, 0.25) is 0 Å². The van der Waals surface area contributed by atoms with Crippen molar-refractivity contribution in [3.63, 3.8) is 0 Å². The standard InChI is InChI=1S/C19H18N2O3S.C6H10O2.CH5N/c22-18(8-4-7-13-5-2-1-3-6-13)20-15-9-10-16-14(11-15)12-17(25-16)19(23)21-24;1-3-8-5-6(2)4-7;1-2/h1-3,5-6,9-12,24H,4,7-8H2,(H,20,22)(H,21,23);4-5H,3H2,1-2H3;2H2,1H3/b;6-5+;. The predicted octanol–water partition coefficient (Wildman–Crippen LogP) is 4.68. The van der Waals surface area contributed by atoms with Gasteiger partial charge in [-0.2, -0.15) is 0 Å². The number of rotatable bonds is 9. The van der Waals surface area contributed by atoms with Crippen LogP contribution in [0.3, 0.4) is 0 Å². The number of aryl methyl sites for hydroxylation is 1. The fraction of sp³-hybridized carbons (Fsp3) is 0.269. The van der Waals surface area contributed by atoms with Gasteiger partial charge < -0.3 is 15.8 Å². The van der Waals surface area contributed by atoms with Gasteiger partial charge in [-0.3, -0.25) is 19.6 Å². The maximum Gasteiger partial charge on any atom is 0.284 e. The molecule has 0 aliphatic rings. The average molecular weight is 500 g/mol. The molecule has 1 aromatic heterocycles. The van der Waals surface area contributed by atoms with E-state index >= 15 is 0 Å². The largest absolute Gasteiger partial charge is 0.501 e. The van der Waals surface area contributed by atoms with Crippen molar-refractivity contribution in [2.24, 2.45) is 5.73 Å². The zero-order valence-corrected chi connectivity index (χ0v) is 21.1. The van der Waals surface area contributed by atoms with E-state index in [2.05, 4.69) is 23.2 Å². The lowest BCUT2D eigenvalue weighted by Crippen LogP contribution is -2.16. The first-order chi connectivity index (χ1) is 17.0. The Labute approximate surface area is 209 Å². The molecule has 5 N–H and O–H groups in total. The van der Waals surface area contributed by atoms with Crippen LogP contribution in [0, 0.1) is 0 Å². The van der Waals surface area contributed by atoms with Gasteiger partial charge in [0.15, 0.2) is 0 Å². The summed E-state index contributed by atoms with van der Waals surface area (Å²) in [5.74, 6) is -0.563. The number of allylic oxidation sites excluding steroid dienone is 1. The van der Waals surface area contributed by atoms with Gasteiger partial charge in [-0.15, -0.1) is 11.3 Å². The van der Waals surface area contributed by atoms with Crippen molar-refractivity contribution < 1.29 is 24.3 Å². The first kappa shape index (κ1) is 29.5. The van der Waals surface area contributed by atoms with E-state index in [4.69, 9.17) is 9.94 Å². The van der Waals surface area contributed by atoms with Crippen LogP contribution >= 0.6 is 11.3 Å². The highest BCUT2D eigenvalue weighted by Gasteiger charge is 2.10. The first-order valence-corrected chi connectivity index (χ1v) is 11.9. The summed E-state index contributed by atoms with van der Waals surface area (Å²) in [6, 6.07) is 17.3. The molecule has 1 heterocycles. The van der Waals surface area contributed by atoms with E-state index in [1.807, 2.05) is 43.3 Å². The number of amides is 2. The molecule has 0 saturated heterocycles. The van der Waals surface area contributed by atoms with Gasteiger partial charge in [0, 0.05) is 22.4 Å². The third-order valence-corrected chi connectivity index (χ3v) is 5.57. The molecule has 9 heteroatoms. The number of anilines is 1. The van der Waals surface area contributed by atoms with Crippen LogP contribution in [0.5, 0.6) is 0 Å². The molecule has 0 fully saturated rings. The number of benzene rings is 2. The van der Waals surface area contributed by atoms with Gasteiger partial charge in [0.25, 0.3) is 5.91 Å². The molecule has 0 saturated carbocycles. The highest BCUT2D eigenvalue weighted by molar-refractivity contribution is 7.20. The summed E-state index contributed by atoms with van der Waals surface area (Å²) in [7, 11) is 1.50. The van der Waals surface area contributed by atoms with Gasteiger partial charge in [0.05, 0.1) is 17.7 Å². The minimum atomic E-state index is -0.535. The summed E-state index contributed by atoms with van der Waals surface area (Å²) in [6.45, 7) is 4.18. The number of aldehydes is 1. The van der Waals surface area contributed by atoms with E-state index in [1.165, 1.54) is 30.2 Å². The number of nitrogens with one attached hydrogen (secondary N) is 2. The number of carbonyl (C=O) groups is 3. The molecule has 188 valence electrons. The summed E-state index contributed by atoms with van der Waals surface area (Å²) >= 11 is 1.28. The van der Waals surface area contributed by atoms with Crippen LogP contribution in [-0.4, -0.2) is 37.0 Å². The maximum atomic E-state index is 12.1. The Kier molecular flexibility index (Phi) is 14.3. The summed E-state index contributed by atoms with van der Waals surface area (Å²) in [4.78, 5) is 33.8. The molecule has 0 atom stereocenters. The van der Waals surface area contributed by atoms with Crippen LogP contribution < -0.4 is 16.5 Å². The zero-order valence-electron chi connectivity index (χ0n) is 20.2. The SMILES string of the molecule is CCO/C=C(\C)C=O.CN.O=C(CCCc1ccccc1)Nc1ccc2sc(C(=O)NO)cc2c1. The normalized spacial score (nSPS) is 10.3. The molecule has 0 aliphatic carbocycles. The minimum absolute atomic E-state index is 0.0289. The second kappa shape index (κ2) is 17.0. The van der Waals surface area contributed by atoms with Crippen LogP contribution in [0.4, 0.5) is 5.69 Å². The fourth-order valence-corrected chi connectivity index (χ4v) is 3.78. The van der Waals surface area contributed by atoms with Gasteiger partial charge >= 0.3 is 0 Å². The number of thiophene rings is 1. The number of hydrogen-bond donors (Lipinski definition) is 4. The van der Waals surface area contributed by atoms with Crippen molar-refractivity contribution >= 4 is 45.2 Å². The van der Waals surface area contributed by atoms with Crippen molar-refractivity contribution in [2.45, 2.75) is 33.1 Å². The molecule has 35 heavy (non-hydrogen) atoms. The van der Waals surface area contributed by atoms with Crippen LogP contribution in [0.1, 0.15) is 41.9 Å². The third-order valence-electron chi connectivity index (χ3n) is 4.46. The number of carbonyl (C=O) groups excluding carboxylic acids is 3. The molecule has 0 bridgehead atoms. The molecule has 0 unspecified atom stereocenters. The number of fused-ring (bicyclic) bond motifs is 1. The van der Waals surface area contributed by atoms with Crippen molar-refractivity contribution in [1.82, 2.24) is 5.48 Å². The van der Waals surface area contributed by atoms with Crippen molar-refractivity contribution in [1.29, 1.82) is 0 Å². The highest BCUT2D eigenvalue weighted by atomic mass is 32.1. The number of nitrogens with two attached hydrogens (primary N) is 1. The van der Waals surface area contributed by atoms with Crippen LogP contribution in [0.25, 0.3) is 10.1 Å². The highest BCUT2D eigenvalue weighted by Crippen LogP contribution is 2.28. The monoisotopic (exact) mass is 499 g/mol. The topological polar surface area (TPSA) is 131 Å². The van der Waals surface area contributed by atoms with Crippen molar-refractivity contribution in [3.05, 3.63) is 76.9 Å². The Morgan fingerprint density at radius 2 is 1.83 bits per heavy atom. The molecule has 2 amide bonds. The fourth-order valence-electron chi connectivity index (χ4n) is 2.85. The zero-order chi connectivity index (χ0) is 26.1. The molecular formula is C26H33N3O5S. The maximum absolute atomic E-state index is 12.1. The van der Waals surface area contributed by atoms with Crippen molar-refractivity contribution in [3.8, 4) is 0 Å². The Morgan fingerprint density at radius 3 is 2.46 bits per heavy atom. The molecule has 0 aliphatic heterocycles. The summed E-state index contributed by atoms with van der Waals surface area (Å²) in [6.07, 6.45) is 4.33. The quantitative estimate of drug-likeness (QED) is 0.111. The molecule has 8 nitrogen and oxygen atoms in total.